The zero-order valence-electron chi connectivity index (χ0n) is 11.2. The van der Waals surface area contributed by atoms with Crippen molar-refractivity contribution in [1.29, 1.82) is 0 Å². The minimum absolute atomic E-state index is 0.0909. The Morgan fingerprint density at radius 2 is 2.11 bits per heavy atom. The van der Waals surface area contributed by atoms with E-state index >= 15 is 0 Å². The van der Waals surface area contributed by atoms with Crippen molar-refractivity contribution in [3.8, 4) is 5.75 Å². The maximum Gasteiger partial charge on any atom is 0.220 e. The lowest BCUT2D eigenvalue weighted by molar-refractivity contribution is -0.121. The van der Waals surface area contributed by atoms with Crippen LogP contribution in [0.15, 0.2) is 30.3 Å². The summed E-state index contributed by atoms with van der Waals surface area (Å²) in [6.07, 6.45) is 0.364. The van der Waals surface area contributed by atoms with E-state index in [9.17, 15) is 9.90 Å². The number of ether oxygens (including phenoxy) is 2. The fraction of sp³-hybridized carbons (Fsp3) is 0.500. The molecule has 1 amide bonds. The molecule has 0 aliphatic carbocycles. The molecule has 0 spiro atoms. The number of methoxy groups -OCH3 is 1. The molecular weight excluding hydrogens is 246 g/mol. The number of amides is 1. The van der Waals surface area contributed by atoms with Crippen molar-refractivity contribution < 1.29 is 19.4 Å². The molecule has 0 bridgehead atoms. The van der Waals surface area contributed by atoms with Gasteiger partial charge in [0.1, 0.15) is 5.75 Å². The average Bonchev–Trinajstić information content (AvgIpc) is 2.43. The summed E-state index contributed by atoms with van der Waals surface area (Å²) in [5.41, 5.74) is 0. The zero-order valence-corrected chi connectivity index (χ0v) is 11.2. The van der Waals surface area contributed by atoms with Crippen molar-refractivity contribution in [3.05, 3.63) is 30.3 Å². The highest BCUT2D eigenvalue weighted by atomic mass is 16.5. The van der Waals surface area contributed by atoms with Gasteiger partial charge in [0, 0.05) is 20.1 Å². The minimum Gasteiger partial charge on any atom is -0.494 e. The number of aliphatic hydroxyl groups excluding tert-OH is 1. The molecule has 5 heteroatoms. The molecule has 0 aromatic heterocycles. The van der Waals surface area contributed by atoms with Gasteiger partial charge in [-0.15, -0.1) is 0 Å². The van der Waals surface area contributed by atoms with Crippen LogP contribution < -0.4 is 10.1 Å². The number of rotatable bonds is 9. The number of carbonyl (C=O) groups excluding carboxylic acids is 1. The van der Waals surface area contributed by atoms with Crippen LogP contribution in [0.3, 0.4) is 0 Å². The minimum atomic E-state index is -0.658. The van der Waals surface area contributed by atoms with Crippen LogP contribution in [0, 0.1) is 0 Å². The highest BCUT2D eigenvalue weighted by molar-refractivity contribution is 5.75. The smallest absolute Gasteiger partial charge is 0.220 e. The molecule has 0 fully saturated rings. The molecule has 1 unspecified atom stereocenters. The van der Waals surface area contributed by atoms with Gasteiger partial charge in [0.05, 0.1) is 19.3 Å². The summed E-state index contributed by atoms with van der Waals surface area (Å²) in [5.74, 6) is 0.713. The number of nitrogens with one attached hydrogen (secondary N) is 1. The first-order valence-electron chi connectivity index (χ1n) is 6.34. The molecule has 0 saturated heterocycles. The van der Waals surface area contributed by atoms with Crippen molar-refractivity contribution >= 4 is 5.91 Å². The molecule has 0 saturated carbocycles. The molecule has 2 N–H and O–H groups in total. The molecule has 0 aliphatic heterocycles. The Morgan fingerprint density at radius 1 is 1.37 bits per heavy atom. The Bertz CT molecular complexity index is 356. The van der Waals surface area contributed by atoms with Crippen LogP contribution in [0.1, 0.15) is 12.8 Å². The van der Waals surface area contributed by atoms with Crippen LogP contribution in [0.4, 0.5) is 0 Å². The van der Waals surface area contributed by atoms with Gasteiger partial charge in [-0.3, -0.25) is 4.79 Å². The van der Waals surface area contributed by atoms with Crippen LogP contribution >= 0.6 is 0 Å². The second-order valence-electron chi connectivity index (χ2n) is 4.18. The fourth-order valence-corrected chi connectivity index (χ4v) is 1.51. The Morgan fingerprint density at radius 3 is 2.79 bits per heavy atom. The van der Waals surface area contributed by atoms with Crippen LogP contribution in [-0.2, 0) is 9.53 Å². The Balaban J connectivity index is 2.04. The molecule has 5 nitrogen and oxygen atoms in total. The van der Waals surface area contributed by atoms with Gasteiger partial charge >= 0.3 is 0 Å². The third kappa shape index (κ3) is 7.43. The van der Waals surface area contributed by atoms with Gasteiger partial charge in [-0.25, -0.2) is 0 Å². The second-order valence-corrected chi connectivity index (χ2v) is 4.18. The zero-order chi connectivity index (χ0) is 13.9. The summed E-state index contributed by atoms with van der Waals surface area (Å²) in [7, 11) is 1.51. The van der Waals surface area contributed by atoms with Gasteiger partial charge in [0.25, 0.3) is 0 Å². The van der Waals surface area contributed by atoms with Crippen LogP contribution in [0.2, 0.25) is 0 Å². The van der Waals surface area contributed by atoms with Gasteiger partial charge in [-0.05, 0) is 18.6 Å². The van der Waals surface area contributed by atoms with Crippen molar-refractivity contribution in [1.82, 2.24) is 5.32 Å². The molecule has 1 aromatic rings. The molecule has 1 aromatic carbocycles. The average molecular weight is 267 g/mol. The molecule has 0 heterocycles. The van der Waals surface area contributed by atoms with Crippen LogP contribution in [-0.4, -0.2) is 44.0 Å². The van der Waals surface area contributed by atoms with E-state index in [1.807, 2.05) is 30.3 Å². The first-order valence-corrected chi connectivity index (χ1v) is 6.34. The number of aliphatic hydroxyl groups is 1. The predicted octanol–water partition coefficient (Wildman–Crippen LogP) is 0.969. The quantitative estimate of drug-likeness (QED) is 0.654. The standard InChI is InChI=1S/C14H21NO4/c1-18-11-12(16)10-15-14(17)8-5-9-19-13-6-3-2-4-7-13/h2-4,6-7,12,16H,5,8-11H2,1H3,(H,15,17). The lowest BCUT2D eigenvalue weighted by Gasteiger charge is -2.10. The van der Waals surface area contributed by atoms with E-state index in [2.05, 4.69) is 5.32 Å². The molecule has 1 rings (SSSR count). The van der Waals surface area contributed by atoms with E-state index < -0.39 is 6.10 Å². The normalized spacial score (nSPS) is 11.9. The maximum absolute atomic E-state index is 11.4. The molecule has 1 atom stereocenters. The van der Waals surface area contributed by atoms with Gasteiger partial charge in [0.15, 0.2) is 0 Å². The summed E-state index contributed by atoms with van der Waals surface area (Å²) >= 11 is 0. The van der Waals surface area contributed by atoms with Crippen LogP contribution in [0.5, 0.6) is 5.75 Å². The SMILES string of the molecule is COCC(O)CNC(=O)CCCOc1ccccc1. The van der Waals surface area contributed by atoms with Gasteiger partial charge < -0.3 is 19.9 Å². The van der Waals surface area contributed by atoms with Gasteiger partial charge in [-0.1, -0.05) is 18.2 Å². The molecular formula is C14H21NO4. The summed E-state index contributed by atoms with van der Waals surface area (Å²) in [6.45, 7) is 0.932. The molecule has 0 radical (unpaired) electrons. The lowest BCUT2D eigenvalue weighted by atomic mass is 10.3. The predicted molar refractivity (Wildman–Crippen MR) is 72.1 cm³/mol. The maximum atomic E-state index is 11.4. The Kier molecular flexibility index (Phi) is 7.62. The highest BCUT2D eigenvalue weighted by Gasteiger charge is 2.06. The number of benzene rings is 1. The summed E-state index contributed by atoms with van der Waals surface area (Å²) < 4.78 is 10.2. The Hall–Kier alpha value is -1.59. The van der Waals surface area contributed by atoms with E-state index in [4.69, 9.17) is 9.47 Å². The lowest BCUT2D eigenvalue weighted by Crippen LogP contribution is -2.34. The third-order valence-corrected chi connectivity index (χ3v) is 2.45. The van der Waals surface area contributed by atoms with Crippen molar-refractivity contribution in [2.75, 3.05) is 26.9 Å². The fourth-order valence-electron chi connectivity index (χ4n) is 1.51. The first kappa shape index (κ1) is 15.5. The second kappa shape index (κ2) is 9.35. The third-order valence-electron chi connectivity index (χ3n) is 2.45. The largest absolute Gasteiger partial charge is 0.494 e. The summed E-state index contributed by atoms with van der Waals surface area (Å²) in [6, 6.07) is 9.48. The number of para-hydroxylation sites is 1. The summed E-state index contributed by atoms with van der Waals surface area (Å²) in [5, 5.41) is 12.0. The van der Waals surface area contributed by atoms with E-state index in [-0.39, 0.29) is 19.1 Å². The molecule has 0 aliphatic rings. The van der Waals surface area contributed by atoms with Crippen molar-refractivity contribution in [3.63, 3.8) is 0 Å². The number of hydrogen-bond acceptors (Lipinski definition) is 4. The van der Waals surface area contributed by atoms with E-state index in [1.54, 1.807) is 0 Å². The summed E-state index contributed by atoms with van der Waals surface area (Å²) in [4.78, 5) is 11.4. The molecule has 19 heavy (non-hydrogen) atoms. The first-order chi connectivity index (χ1) is 9.22. The van der Waals surface area contributed by atoms with E-state index in [0.717, 1.165) is 5.75 Å². The monoisotopic (exact) mass is 267 g/mol. The van der Waals surface area contributed by atoms with Gasteiger partial charge in [-0.2, -0.15) is 0 Å². The van der Waals surface area contributed by atoms with Crippen molar-refractivity contribution in [2.45, 2.75) is 18.9 Å². The number of hydrogen-bond donors (Lipinski definition) is 2. The van der Waals surface area contributed by atoms with E-state index in [0.29, 0.717) is 19.4 Å². The van der Waals surface area contributed by atoms with Crippen LogP contribution in [0.25, 0.3) is 0 Å². The number of carbonyl (C=O) groups is 1. The highest BCUT2D eigenvalue weighted by Crippen LogP contribution is 2.08. The van der Waals surface area contributed by atoms with Crippen molar-refractivity contribution in [2.24, 2.45) is 0 Å². The topological polar surface area (TPSA) is 67.8 Å². The van der Waals surface area contributed by atoms with Gasteiger partial charge in [0.2, 0.25) is 5.91 Å². The van der Waals surface area contributed by atoms with E-state index in [1.165, 1.54) is 7.11 Å². The Labute approximate surface area is 113 Å². The molecule has 106 valence electrons.